The summed E-state index contributed by atoms with van der Waals surface area (Å²) in [5.74, 6) is -0.631. The third kappa shape index (κ3) is 6.52. The monoisotopic (exact) mass is 526 g/mol. The Labute approximate surface area is 232 Å². The smallest absolute Gasteiger partial charge is 0.307 e. The maximum atomic E-state index is 13.5. The summed E-state index contributed by atoms with van der Waals surface area (Å²) in [6.45, 7) is 4.35. The number of hydrogen-bond donors (Lipinski definition) is 2. The van der Waals surface area contributed by atoms with Gasteiger partial charge in [-0.15, -0.1) is 0 Å². The van der Waals surface area contributed by atoms with Gasteiger partial charge in [0.15, 0.2) is 0 Å². The molecule has 1 saturated carbocycles. The van der Waals surface area contributed by atoms with E-state index in [4.69, 9.17) is 0 Å². The van der Waals surface area contributed by atoms with Gasteiger partial charge >= 0.3 is 5.97 Å². The summed E-state index contributed by atoms with van der Waals surface area (Å²) < 4.78 is 0. The summed E-state index contributed by atoms with van der Waals surface area (Å²) in [6.07, 6.45) is 6.21. The van der Waals surface area contributed by atoms with Crippen molar-refractivity contribution in [1.29, 1.82) is 0 Å². The molecule has 4 atom stereocenters. The third-order valence-electron chi connectivity index (χ3n) is 9.22. The van der Waals surface area contributed by atoms with E-state index in [9.17, 15) is 14.7 Å². The van der Waals surface area contributed by atoms with Crippen LogP contribution in [0.25, 0.3) is 10.8 Å². The van der Waals surface area contributed by atoms with E-state index in [1.165, 1.54) is 28.3 Å². The van der Waals surface area contributed by atoms with Gasteiger partial charge in [-0.25, -0.2) is 0 Å². The molecule has 39 heavy (non-hydrogen) atoms. The first kappa shape index (κ1) is 27.4. The van der Waals surface area contributed by atoms with Crippen molar-refractivity contribution in [3.63, 3.8) is 0 Å². The van der Waals surface area contributed by atoms with Crippen molar-refractivity contribution in [3.8, 4) is 0 Å². The fraction of sp³-hybridized carbons (Fsp3) is 0.471. The molecule has 3 aromatic rings. The number of piperidine rings is 1. The molecule has 2 fully saturated rings. The molecule has 2 N–H and O–H groups in total. The molecule has 206 valence electrons. The molecule has 1 amide bonds. The maximum absolute atomic E-state index is 13.5. The Bertz CT molecular complexity index is 1250. The lowest BCUT2D eigenvalue weighted by Crippen LogP contribution is -2.47. The molecule has 0 radical (unpaired) electrons. The fourth-order valence-corrected chi connectivity index (χ4v) is 6.98. The van der Waals surface area contributed by atoms with Crippen LogP contribution in [0.5, 0.6) is 0 Å². The Balaban J connectivity index is 1.30. The zero-order valence-electron chi connectivity index (χ0n) is 23.1. The normalized spacial score (nSPS) is 21.9. The summed E-state index contributed by atoms with van der Waals surface area (Å²) in [5, 5.41) is 16.3. The van der Waals surface area contributed by atoms with E-state index in [-0.39, 0.29) is 30.2 Å². The van der Waals surface area contributed by atoms with Gasteiger partial charge in [0, 0.05) is 32.1 Å². The number of carbonyl (C=O) groups excluding carboxylic acids is 1. The van der Waals surface area contributed by atoms with Crippen LogP contribution in [-0.2, 0) is 9.59 Å². The Morgan fingerprint density at radius 1 is 0.923 bits per heavy atom. The van der Waals surface area contributed by atoms with Crippen molar-refractivity contribution in [3.05, 3.63) is 83.9 Å². The van der Waals surface area contributed by atoms with E-state index in [1.54, 1.807) is 0 Å². The van der Waals surface area contributed by atoms with Crippen LogP contribution in [0, 0.1) is 17.8 Å². The number of benzene rings is 3. The van der Waals surface area contributed by atoms with E-state index in [0.29, 0.717) is 19.0 Å². The quantitative estimate of drug-likeness (QED) is 0.322. The number of amides is 1. The van der Waals surface area contributed by atoms with Crippen molar-refractivity contribution in [2.24, 2.45) is 17.8 Å². The Morgan fingerprint density at radius 2 is 1.64 bits per heavy atom. The molecule has 3 unspecified atom stereocenters. The molecule has 5 heteroatoms. The SMILES string of the molecule is CC(NCC1CN(C(=O)C[C@@H](C(=O)O)C2CCCCC2)CCC1c1ccccc1)c1cccc2ccccc12. The summed E-state index contributed by atoms with van der Waals surface area (Å²) in [6, 6.07) is 25.8. The fourth-order valence-electron chi connectivity index (χ4n) is 6.98. The van der Waals surface area contributed by atoms with Crippen molar-refractivity contribution in [1.82, 2.24) is 10.2 Å². The van der Waals surface area contributed by atoms with Gasteiger partial charge in [-0.2, -0.15) is 0 Å². The average molecular weight is 527 g/mol. The van der Waals surface area contributed by atoms with Crippen LogP contribution in [0.3, 0.4) is 0 Å². The summed E-state index contributed by atoms with van der Waals surface area (Å²) in [4.78, 5) is 27.6. The number of carbonyl (C=O) groups is 2. The van der Waals surface area contributed by atoms with Gasteiger partial charge in [-0.05, 0) is 65.8 Å². The topological polar surface area (TPSA) is 69.6 Å². The highest BCUT2D eigenvalue weighted by Crippen LogP contribution is 2.36. The first-order valence-electron chi connectivity index (χ1n) is 14.8. The highest BCUT2D eigenvalue weighted by atomic mass is 16.4. The lowest BCUT2D eigenvalue weighted by atomic mass is 9.77. The first-order valence-corrected chi connectivity index (χ1v) is 14.8. The summed E-state index contributed by atoms with van der Waals surface area (Å²) in [5.41, 5.74) is 2.60. The van der Waals surface area contributed by atoms with Gasteiger partial charge in [0.05, 0.1) is 5.92 Å². The van der Waals surface area contributed by atoms with Crippen molar-refractivity contribution < 1.29 is 14.7 Å². The molecule has 0 bridgehead atoms. The molecule has 1 aliphatic carbocycles. The van der Waals surface area contributed by atoms with Crippen LogP contribution in [0.15, 0.2) is 72.8 Å². The first-order chi connectivity index (χ1) is 19.0. The van der Waals surface area contributed by atoms with Crippen LogP contribution in [-0.4, -0.2) is 41.5 Å². The Hall–Kier alpha value is -3.18. The largest absolute Gasteiger partial charge is 0.481 e. The number of carboxylic acids is 1. The zero-order valence-corrected chi connectivity index (χ0v) is 23.1. The van der Waals surface area contributed by atoms with E-state index >= 15 is 0 Å². The molecule has 0 spiro atoms. The maximum Gasteiger partial charge on any atom is 0.307 e. The number of carboxylic acid groups (broad SMARTS) is 1. The number of nitrogens with one attached hydrogen (secondary N) is 1. The lowest BCUT2D eigenvalue weighted by molar-refractivity contribution is -0.149. The molecule has 2 aliphatic rings. The zero-order chi connectivity index (χ0) is 27.2. The molecular formula is C34H42N2O3. The minimum absolute atomic E-state index is 0.00610. The van der Waals surface area contributed by atoms with Gasteiger partial charge in [0.2, 0.25) is 5.91 Å². The number of nitrogens with zero attached hydrogens (tertiary/aromatic N) is 1. The van der Waals surface area contributed by atoms with Gasteiger partial charge in [-0.3, -0.25) is 9.59 Å². The molecule has 3 aromatic carbocycles. The molecule has 1 aliphatic heterocycles. The second kappa shape index (κ2) is 12.8. The van der Waals surface area contributed by atoms with Crippen molar-refractivity contribution in [2.75, 3.05) is 19.6 Å². The second-order valence-electron chi connectivity index (χ2n) is 11.7. The van der Waals surface area contributed by atoms with Gasteiger partial charge in [-0.1, -0.05) is 92.1 Å². The van der Waals surface area contributed by atoms with Crippen LogP contribution in [0.1, 0.15) is 75.0 Å². The van der Waals surface area contributed by atoms with E-state index in [0.717, 1.165) is 38.6 Å². The molecule has 1 heterocycles. The van der Waals surface area contributed by atoms with Gasteiger partial charge in [0.25, 0.3) is 0 Å². The summed E-state index contributed by atoms with van der Waals surface area (Å²) in [7, 11) is 0. The predicted octanol–water partition coefficient (Wildman–Crippen LogP) is 6.79. The van der Waals surface area contributed by atoms with E-state index < -0.39 is 11.9 Å². The van der Waals surface area contributed by atoms with Gasteiger partial charge < -0.3 is 15.3 Å². The minimum Gasteiger partial charge on any atom is -0.481 e. The predicted molar refractivity (Wildman–Crippen MR) is 157 cm³/mol. The second-order valence-corrected chi connectivity index (χ2v) is 11.7. The highest BCUT2D eigenvalue weighted by molar-refractivity contribution is 5.86. The lowest BCUT2D eigenvalue weighted by Gasteiger charge is -2.40. The molecule has 5 nitrogen and oxygen atoms in total. The number of likely N-dealkylation sites (tertiary alicyclic amines) is 1. The van der Waals surface area contributed by atoms with E-state index in [2.05, 4.69) is 85.0 Å². The number of fused-ring (bicyclic) bond motifs is 1. The van der Waals surface area contributed by atoms with Gasteiger partial charge in [0.1, 0.15) is 0 Å². The van der Waals surface area contributed by atoms with Crippen molar-refractivity contribution >= 4 is 22.6 Å². The van der Waals surface area contributed by atoms with Crippen LogP contribution >= 0.6 is 0 Å². The molecular weight excluding hydrogens is 484 g/mol. The van der Waals surface area contributed by atoms with Crippen LogP contribution < -0.4 is 5.32 Å². The minimum atomic E-state index is -0.809. The molecule has 5 rings (SSSR count). The van der Waals surface area contributed by atoms with Crippen molar-refractivity contribution in [2.45, 2.75) is 63.8 Å². The van der Waals surface area contributed by atoms with Crippen LogP contribution in [0.2, 0.25) is 0 Å². The Kier molecular flexibility index (Phi) is 8.98. The standard InChI is InChI=1S/C34H42N2O3/c1-24(29-18-10-16-26-15-8-9-17-31(26)29)35-22-28-23-36(20-19-30(28)25-11-4-2-5-12-25)33(37)21-32(34(38)39)27-13-6-3-7-14-27/h2,4-5,8-12,15-18,24,27-28,30,32,35H,3,6-7,13-14,19-23H2,1H3,(H,38,39)/t24?,28?,30?,32-/m1/s1. The Morgan fingerprint density at radius 3 is 2.41 bits per heavy atom. The molecule has 0 aromatic heterocycles. The number of rotatable bonds is 9. The van der Waals surface area contributed by atoms with Crippen LogP contribution in [0.4, 0.5) is 0 Å². The average Bonchev–Trinajstić information content (AvgIpc) is 2.98. The third-order valence-corrected chi connectivity index (χ3v) is 9.22. The highest BCUT2D eigenvalue weighted by Gasteiger charge is 2.36. The number of aliphatic carboxylic acids is 1. The number of hydrogen-bond acceptors (Lipinski definition) is 3. The molecule has 1 saturated heterocycles. The summed E-state index contributed by atoms with van der Waals surface area (Å²) >= 11 is 0. The van der Waals surface area contributed by atoms with E-state index in [1.807, 2.05) is 4.90 Å².